The van der Waals surface area contributed by atoms with Crippen LogP contribution >= 0.6 is 0 Å². The van der Waals surface area contributed by atoms with E-state index in [9.17, 15) is 13.2 Å². The maximum Gasteiger partial charge on any atom is 0.208 e. The van der Waals surface area contributed by atoms with Gasteiger partial charge in [-0.3, -0.25) is 4.79 Å². The van der Waals surface area contributed by atoms with Gasteiger partial charge in [0.2, 0.25) is 10.0 Å². The van der Waals surface area contributed by atoms with Crippen LogP contribution in [0.5, 0.6) is 0 Å². The van der Waals surface area contributed by atoms with Crippen molar-refractivity contribution in [1.29, 1.82) is 0 Å². The van der Waals surface area contributed by atoms with Gasteiger partial charge in [0.1, 0.15) is 0 Å². The Morgan fingerprint density at radius 1 is 1.56 bits per heavy atom. The van der Waals surface area contributed by atoms with Crippen molar-refractivity contribution >= 4 is 16.3 Å². The molecule has 0 aromatic rings. The highest BCUT2D eigenvalue weighted by atomic mass is 32.2. The van der Waals surface area contributed by atoms with Gasteiger partial charge in [0, 0.05) is 13.0 Å². The van der Waals surface area contributed by atoms with Gasteiger partial charge in [-0.1, -0.05) is 0 Å². The highest BCUT2D eigenvalue weighted by Gasteiger charge is 1.96. The first-order valence-electron chi connectivity index (χ1n) is 2.36. The van der Waals surface area contributed by atoms with Crippen LogP contribution < -0.4 is 4.72 Å². The number of sulfonamides is 1. The van der Waals surface area contributed by atoms with Crippen molar-refractivity contribution in [2.24, 2.45) is 0 Å². The van der Waals surface area contributed by atoms with E-state index >= 15 is 0 Å². The molecule has 5 heteroatoms. The average molecular weight is 150 g/mol. The lowest BCUT2D eigenvalue weighted by molar-refractivity contribution is 0.549. The summed E-state index contributed by atoms with van der Waals surface area (Å²) in [7, 11) is -3.13. The number of rotatable bonds is 4. The summed E-state index contributed by atoms with van der Waals surface area (Å²) in [6.07, 6.45) is 2.71. The maximum atomic E-state index is 10.3. The molecule has 0 amide bonds. The SMILES string of the molecule is CS(=O)(=O)NCC[C]=O. The molecule has 0 aliphatic heterocycles. The normalized spacial score (nSPS) is 11.2. The van der Waals surface area contributed by atoms with Gasteiger partial charge in [-0.15, -0.1) is 0 Å². The summed E-state index contributed by atoms with van der Waals surface area (Å²) >= 11 is 0. The summed E-state index contributed by atoms with van der Waals surface area (Å²) < 4.78 is 22.7. The van der Waals surface area contributed by atoms with Crippen molar-refractivity contribution in [3.8, 4) is 0 Å². The van der Waals surface area contributed by atoms with E-state index in [2.05, 4.69) is 4.72 Å². The van der Waals surface area contributed by atoms with E-state index in [-0.39, 0.29) is 13.0 Å². The molecule has 0 bridgehead atoms. The Balaban J connectivity index is 3.40. The lowest BCUT2D eigenvalue weighted by Gasteiger charge is -1.94. The van der Waals surface area contributed by atoms with Crippen molar-refractivity contribution in [2.75, 3.05) is 12.8 Å². The lowest BCUT2D eigenvalue weighted by atomic mass is 10.5. The van der Waals surface area contributed by atoms with Crippen LogP contribution in [0, 0.1) is 0 Å². The third-order valence-corrected chi connectivity index (χ3v) is 1.32. The standard InChI is InChI=1S/C4H8NO3S/c1-9(7,8)5-3-2-4-6/h5H,2-3H2,1H3. The zero-order valence-electron chi connectivity index (χ0n) is 5.05. The third kappa shape index (κ3) is 7.58. The minimum absolute atomic E-state index is 0.104. The third-order valence-electron chi connectivity index (χ3n) is 0.591. The van der Waals surface area contributed by atoms with Gasteiger partial charge in [-0.05, 0) is 0 Å². The fourth-order valence-electron chi connectivity index (χ4n) is 0.287. The molecule has 0 saturated heterocycles. The first-order chi connectivity index (χ1) is 4.06. The second kappa shape index (κ2) is 3.58. The summed E-state index contributed by atoms with van der Waals surface area (Å²) in [5, 5.41) is 0. The molecule has 0 heterocycles. The van der Waals surface area contributed by atoms with E-state index in [1.807, 2.05) is 0 Å². The predicted octanol–water partition coefficient (Wildman–Crippen LogP) is -0.965. The van der Waals surface area contributed by atoms with E-state index in [0.717, 1.165) is 6.26 Å². The van der Waals surface area contributed by atoms with E-state index in [4.69, 9.17) is 0 Å². The van der Waals surface area contributed by atoms with Crippen molar-refractivity contribution < 1.29 is 13.2 Å². The Morgan fingerprint density at radius 3 is 2.44 bits per heavy atom. The van der Waals surface area contributed by atoms with Crippen molar-refractivity contribution in [2.45, 2.75) is 6.42 Å². The zero-order valence-corrected chi connectivity index (χ0v) is 5.86. The minimum Gasteiger partial charge on any atom is -0.291 e. The topological polar surface area (TPSA) is 63.2 Å². The molecule has 53 valence electrons. The highest BCUT2D eigenvalue weighted by molar-refractivity contribution is 7.88. The molecule has 0 aliphatic carbocycles. The van der Waals surface area contributed by atoms with Crippen molar-refractivity contribution in [1.82, 2.24) is 4.72 Å². The Kier molecular flexibility index (Phi) is 3.41. The Labute approximate surface area is 54.3 Å². The zero-order chi connectivity index (χ0) is 7.33. The molecule has 0 atom stereocenters. The molecule has 0 aromatic heterocycles. The van der Waals surface area contributed by atoms with Crippen molar-refractivity contribution in [3.05, 3.63) is 0 Å². The molecule has 0 aliphatic rings. The van der Waals surface area contributed by atoms with Gasteiger partial charge < -0.3 is 0 Å². The van der Waals surface area contributed by atoms with Gasteiger partial charge in [-0.25, -0.2) is 13.1 Å². The lowest BCUT2D eigenvalue weighted by Crippen LogP contribution is -2.22. The first-order valence-corrected chi connectivity index (χ1v) is 4.25. The van der Waals surface area contributed by atoms with Crippen LogP contribution in [0.4, 0.5) is 0 Å². The van der Waals surface area contributed by atoms with Gasteiger partial charge in [0.15, 0.2) is 6.29 Å². The molecule has 9 heavy (non-hydrogen) atoms. The van der Waals surface area contributed by atoms with Gasteiger partial charge >= 0.3 is 0 Å². The average Bonchev–Trinajstić information content (AvgIpc) is 1.63. The summed E-state index contributed by atoms with van der Waals surface area (Å²) in [6.45, 7) is 0.141. The molecule has 4 nitrogen and oxygen atoms in total. The summed E-state index contributed by atoms with van der Waals surface area (Å²) in [5.74, 6) is 0. The van der Waals surface area contributed by atoms with Crippen LogP contribution in [0.3, 0.4) is 0 Å². The van der Waals surface area contributed by atoms with Crippen LogP contribution in [0.2, 0.25) is 0 Å². The van der Waals surface area contributed by atoms with E-state index < -0.39 is 10.0 Å². The Morgan fingerprint density at radius 2 is 2.11 bits per heavy atom. The van der Waals surface area contributed by atoms with E-state index in [1.54, 1.807) is 6.29 Å². The number of hydrogen-bond acceptors (Lipinski definition) is 3. The van der Waals surface area contributed by atoms with Crippen molar-refractivity contribution in [3.63, 3.8) is 0 Å². The van der Waals surface area contributed by atoms with Crippen LogP contribution in [-0.4, -0.2) is 27.5 Å². The molecule has 0 fully saturated rings. The Bertz CT molecular complexity index is 172. The van der Waals surface area contributed by atoms with Gasteiger partial charge in [0.25, 0.3) is 0 Å². The molecule has 0 rings (SSSR count). The molecule has 1 N–H and O–H groups in total. The van der Waals surface area contributed by atoms with Crippen LogP contribution in [0.1, 0.15) is 6.42 Å². The molecule has 0 spiro atoms. The van der Waals surface area contributed by atoms with E-state index in [0.29, 0.717) is 0 Å². The van der Waals surface area contributed by atoms with Gasteiger partial charge in [0.05, 0.1) is 6.26 Å². The summed E-state index contributed by atoms with van der Waals surface area (Å²) in [5.41, 5.74) is 0. The number of carbonyl (C=O) groups excluding carboxylic acids is 1. The molecular formula is C4H8NO3S. The number of nitrogens with one attached hydrogen (secondary N) is 1. The quantitative estimate of drug-likeness (QED) is 0.525. The van der Waals surface area contributed by atoms with Crippen LogP contribution in [0.15, 0.2) is 0 Å². The minimum atomic E-state index is -3.13. The number of hydrogen-bond donors (Lipinski definition) is 1. The predicted molar refractivity (Wildman–Crippen MR) is 33.2 cm³/mol. The summed E-state index contributed by atoms with van der Waals surface area (Å²) in [6, 6.07) is 0. The largest absolute Gasteiger partial charge is 0.291 e. The highest BCUT2D eigenvalue weighted by Crippen LogP contribution is 1.73. The molecule has 0 saturated carbocycles. The Hall–Kier alpha value is -0.420. The molecule has 1 radical (unpaired) electrons. The fourth-order valence-corrected chi connectivity index (χ4v) is 0.760. The maximum absolute atomic E-state index is 10.3. The second-order valence-corrected chi connectivity index (χ2v) is 3.39. The van der Waals surface area contributed by atoms with E-state index in [1.165, 1.54) is 0 Å². The fraction of sp³-hybridized carbons (Fsp3) is 0.750. The van der Waals surface area contributed by atoms with Crippen LogP contribution in [-0.2, 0) is 14.8 Å². The molecular weight excluding hydrogens is 142 g/mol. The molecule has 0 unspecified atom stereocenters. The van der Waals surface area contributed by atoms with Gasteiger partial charge in [-0.2, -0.15) is 0 Å². The summed E-state index contributed by atoms with van der Waals surface area (Å²) in [4.78, 5) is 9.53. The molecule has 0 aromatic carbocycles. The monoisotopic (exact) mass is 150 g/mol. The van der Waals surface area contributed by atoms with Crippen LogP contribution in [0.25, 0.3) is 0 Å². The first kappa shape index (κ1) is 8.58. The second-order valence-electron chi connectivity index (χ2n) is 1.56. The smallest absolute Gasteiger partial charge is 0.208 e.